The number of fused-ring (bicyclic) bond motifs is 1. The van der Waals surface area contributed by atoms with Crippen molar-refractivity contribution in [2.24, 2.45) is 0 Å². The van der Waals surface area contributed by atoms with E-state index in [0.717, 1.165) is 17.5 Å². The van der Waals surface area contributed by atoms with E-state index in [4.69, 9.17) is 34.8 Å². The summed E-state index contributed by atoms with van der Waals surface area (Å²) in [7, 11) is 0.201. The summed E-state index contributed by atoms with van der Waals surface area (Å²) in [5.74, 6) is -0.216. The zero-order chi connectivity index (χ0) is 24.6. The Balaban J connectivity index is 1.75. The van der Waals surface area contributed by atoms with E-state index in [1.165, 1.54) is 6.07 Å². The number of benzene rings is 3. The number of nitrogens with zero attached hydrogens (tertiary/aromatic N) is 1. The quantitative estimate of drug-likeness (QED) is 0.339. The van der Waals surface area contributed by atoms with Gasteiger partial charge in [-0.15, -0.1) is 0 Å². The van der Waals surface area contributed by atoms with Crippen molar-refractivity contribution in [3.63, 3.8) is 0 Å². The first kappa shape index (κ1) is 25.2. The van der Waals surface area contributed by atoms with Crippen LogP contribution >= 0.6 is 34.8 Å². The van der Waals surface area contributed by atoms with Crippen LogP contribution < -0.4 is 0 Å². The highest BCUT2D eigenvalue weighted by atomic mass is 35.5. The van der Waals surface area contributed by atoms with Crippen LogP contribution in [0.5, 0.6) is 0 Å². The molecule has 0 aliphatic heterocycles. The lowest BCUT2D eigenvalue weighted by Gasteiger charge is -2.35. The molecule has 1 aliphatic carbocycles. The van der Waals surface area contributed by atoms with E-state index in [0.29, 0.717) is 27.1 Å². The van der Waals surface area contributed by atoms with Gasteiger partial charge >= 0.3 is 0 Å². The van der Waals surface area contributed by atoms with Crippen LogP contribution in [0.25, 0.3) is 0 Å². The molecule has 178 valence electrons. The molecule has 0 saturated carbocycles. The van der Waals surface area contributed by atoms with Gasteiger partial charge in [-0.05, 0) is 74.0 Å². The Morgan fingerprint density at radius 1 is 0.971 bits per heavy atom. The zero-order valence-electron chi connectivity index (χ0n) is 18.8. The molecule has 3 aromatic rings. The summed E-state index contributed by atoms with van der Waals surface area (Å²) in [5, 5.41) is 0.217. The van der Waals surface area contributed by atoms with Crippen molar-refractivity contribution < 1.29 is 13.2 Å². The minimum absolute atomic E-state index is 0.0672. The van der Waals surface area contributed by atoms with E-state index in [2.05, 4.69) is 4.90 Å². The Morgan fingerprint density at radius 2 is 1.65 bits per heavy atom. The summed E-state index contributed by atoms with van der Waals surface area (Å²) in [4.78, 5) is 15.2. The van der Waals surface area contributed by atoms with Crippen LogP contribution in [-0.4, -0.2) is 39.2 Å². The Bertz CT molecular complexity index is 1330. The van der Waals surface area contributed by atoms with Gasteiger partial charge in [-0.3, -0.25) is 4.79 Å². The molecule has 2 atom stereocenters. The fraction of sp³-hybridized carbons (Fsp3) is 0.269. The van der Waals surface area contributed by atoms with E-state index in [1.807, 2.05) is 32.3 Å². The number of carbonyl (C=O) groups is 1. The van der Waals surface area contributed by atoms with E-state index in [1.54, 1.807) is 36.4 Å². The fourth-order valence-electron chi connectivity index (χ4n) is 4.48. The number of rotatable bonds is 6. The second-order valence-electron chi connectivity index (χ2n) is 8.78. The molecule has 1 aliphatic rings. The minimum atomic E-state index is -3.71. The molecule has 34 heavy (non-hydrogen) atoms. The predicted molar refractivity (Wildman–Crippen MR) is 138 cm³/mol. The van der Waals surface area contributed by atoms with Gasteiger partial charge in [0.1, 0.15) is 0 Å². The number of likely N-dealkylation sites (N-methyl/N-ethyl adjacent to an activating group) is 1. The highest BCUT2D eigenvalue weighted by molar-refractivity contribution is 7.91. The van der Waals surface area contributed by atoms with Crippen LogP contribution in [0.4, 0.5) is 0 Å². The van der Waals surface area contributed by atoms with Gasteiger partial charge < -0.3 is 4.90 Å². The van der Waals surface area contributed by atoms with Gasteiger partial charge in [-0.2, -0.15) is 0 Å². The topological polar surface area (TPSA) is 54.5 Å². The molecule has 8 heteroatoms. The van der Waals surface area contributed by atoms with Crippen molar-refractivity contribution >= 4 is 50.4 Å². The van der Waals surface area contributed by atoms with Crippen LogP contribution in [0.1, 0.15) is 38.7 Å². The zero-order valence-corrected chi connectivity index (χ0v) is 21.8. The summed E-state index contributed by atoms with van der Waals surface area (Å²) in [6.07, 6.45) is 1.24. The first-order chi connectivity index (χ1) is 16.1. The third-order valence-corrected chi connectivity index (χ3v) is 9.31. The van der Waals surface area contributed by atoms with Gasteiger partial charge in [0.15, 0.2) is 15.6 Å². The lowest BCUT2D eigenvalue weighted by Crippen LogP contribution is -2.37. The molecular weight excluding hydrogens is 513 g/mol. The average Bonchev–Trinajstić information content (AvgIpc) is 2.78. The Morgan fingerprint density at radius 3 is 2.29 bits per heavy atom. The van der Waals surface area contributed by atoms with Gasteiger partial charge in [0, 0.05) is 17.5 Å². The van der Waals surface area contributed by atoms with E-state index >= 15 is 0 Å². The number of Topliss-reactive ketones (excluding diaryl/α,β-unsaturated/α-hetero) is 1. The lowest BCUT2D eigenvalue weighted by molar-refractivity contribution is 0.0993. The van der Waals surface area contributed by atoms with Gasteiger partial charge in [0.25, 0.3) is 0 Å². The first-order valence-corrected chi connectivity index (χ1v) is 13.5. The second kappa shape index (κ2) is 10.00. The Kier molecular flexibility index (Phi) is 7.41. The summed E-state index contributed by atoms with van der Waals surface area (Å²) >= 11 is 18.5. The molecule has 4 rings (SSSR count). The van der Waals surface area contributed by atoms with Crippen LogP contribution in [0.3, 0.4) is 0 Å². The summed E-state index contributed by atoms with van der Waals surface area (Å²) in [6.45, 7) is 0. The maximum Gasteiger partial charge on any atom is 0.185 e. The van der Waals surface area contributed by atoms with Crippen LogP contribution in [0, 0.1) is 0 Å². The summed E-state index contributed by atoms with van der Waals surface area (Å²) in [6, 6.07) is 17.0. The molecule has 0 fully saturated rings. The molecule has 1 unspecified atom stereocenters. The van der Waals surface area contributed by atoms with E-state index in [9.17, 15) is 13.2 Å². The van der Waals surface area contributed by atoms with E-state index in [-0.39, 0.29) is 28.7 Å². The smallest absolute Gasteiger partial charge is 0.185 e. The summed E-state index contributed by atoms with van der Waals surface area (Å²) < 4.78 is 27.5. The molecular formula is C26H24Cl3NO3S. The van der Waals surface area contributed by atoms with Crippen molar-refractivity contribution in [3.8, 4) is 0 Å². The molecule has 0 radical (unpaired) electrons. The van der Waals surface area contributed by atoms with Crippen molar-refractivity contribution in [2.45, 2.75) is 35.4 Å². The molecule has 0 spiro atoms. The number of carbonyl (C=O) groups excluding carboxylic acids is 1. The van der Waals surface area contributed by atoms with Gasteiger partial charge in [0.05, 0.1) is 25.8 Å². The lowest BCUT2D eigenvalue weighted by atomic mass is 9.85. The maximum atomic E-state index is 13.7. The normalized spacial score (nSPS) is 18.1. The SMILES string of the molecule is CN(C)[C@@H]1Cc2ccc(CC(=O)c3c(Cl)cccc3Cl)cc2C(S(=O)(=O)c2cccc(Cl)c2)C1. The molecule has 4 nitrogen and oxygen atoms in total. The number of halogens is 3. The van der Waals surface area contributed by atoms with E-state index < -0.39 is 15.1 Å². The first-order valence-electron chi connectivity index (χ1n) is 10.8. The highest BCUT2D eigenvalue weighted by Gasteiger charge is 2.37. The van der Waals surface area contributed by atoms with Crippen LogP contribution in [0.15, 0.2) is 65.6 Å². The van der Waals surface area contributed by atoms with Gasteiger partial charge in [-0.1, -0.05) is 65.1 Å². The molecule has 0 amide bonds. The van der Waals surface area contributed by atoms with Gasteiger partial charge in [0.2, 0.25) is 0 Å². The number of sulfone groups is 1. The van der Waals surface area contributed by atoms with Crippen LogP contribution in [-0.2, 0) is 22.7 Å². The molecule has 3 aromatic carbocycles. The monoisotopic (exact) mass is 535 g/mol. The fourth-order valence-corrected chi connectivity index (χ4v) is 7.27. The maximum absolute atomic E-state index is 13.7. The molecule has 0 aromatic heterocycles. The van der Waals surface area contributed by atoms with Crippen molar-refractivity contribution in [2.75, 3.05) is 14.1 Å². The largest absolute Gasteiger partial charge is 0.306 e. The van der Waals surface area contributed by atoms with Crippen molar-refractivity contribution in [1.29, 1.82) is 0 Å². The summed E-state index contributed by atoms with van der Waals surface area (Å²) in [5.41, 5.74) is 2.69. The number of ketones is 1. The van der Waals surface area contributed by atoms with Crippen molar-refractivity contribution in [1.82, 2.24) is 4.90 Å². The minimum Gasteiger partial charge on any atom is -0.306 e. The second-order valence-corrected chi connectivity index (χ2v) is 12.2. The Hall–Kier alpha value is -1.89. The molecule has 0 heterocycles. The number of hydrogen-bond acceptors (Lipinski definition) is 4. The molecule has 0 saturated heterocycles. The Labute approximate surface area is 215 Å². The highest BCUT2D eigenvalue weighted by Crippen LogP contribution is 2.41. The van der Waals surface area contributed by atoms with Gasteiger partial charge in [-0.25, -0.2) is 8.42 Å². The standard InChI is InChI=1S/C26H24Cl3NO3S/c1-30(2)19-13-17-10-9-16(12-24(31)26-22(28)7-4-8-23(26)29)11-21(17)25(15-19)34(32,33)20-6-3-5-18(27)14-20/h3-11,14,19,25H,12-13,15H2,1-2H3/t19-,25?/m1/s1. The van der Waals surface area contributed by atoms with Crippen molar-refractivity contribution in [3.05, 3.63) is 98.0 Å². The third-order valence-electron chi connectivity index (χ3n) is 6.33. The third kappa shape index (κ3) is 5.05. The molecule has 0 bridgehead atoms. The predicted octanol–water partition coefficient (Wildman–Crippen LogP) is 6.46. The average molecular weight is 537 g/mol. The van der Waals surface area contributed by atoms with Crippen LogP contribution in [0.2, 0.25) is 15.1 Å². The molecule has 0 N–H and O–H groups in total. The number of hydrogen-bond donors (Lipinski definition) is 0.